The van der Waals surface area contributed by atoms with E-state index in [1.165, 1.54) is 32.6 Å². The van der Waals surface area contributed by atoms with Crippen molar-refractivity contribution in [1.29, 1.82) is 0 Å². The molecule has 47 heavy (non-hydrogen) atoms. The third kappa shape index (κ3) is 14.3. The summed E-state index contributed by atoms with van der Waals surface area (Å²) in [6.45, 7) is 9.39. The minimum atomic E-state index is -1.18. The van der Waals surface area contributed by atoms with Crippen molar-refractivity contribution in [2.24, 2.45) is 17.6 Å². The number of amides is 2. The molecule has 0 aliphatic carbocycles. The fourth-order valence-corrected chi connectivity index (χ4v) is 5.40. The lowest BCUT2D eigenvalue weighted by Crippen LogP contribution is -2.52. The topological polar surface area (TPSA) is 148 Å². The van der Waals surface area contributed by atoms with Crippen LogP contribution in [0.15, 0.2) is 54.6 Å². The summed E-state index contributed by atoms with van der Waals surface area (Å²) in [7, 11) is 0. The molecule has 0 aromatic heterocycles. The fourth-order valence-electron chi connectivity index (χ4n) is 5.40. The zero-order chi connectivity index (χ0) is 34.8. The third-order valence-corrected chi connectivity index (χ3v) is 8.96. The maximum absolute atomic E-state index is 13.5. The van der Waals surface area contributed by atoms with Crippen molar-refractivity contribution in [2.45, 2.75) is 129 Å². The van der Waals surface area contributed by atoms with Crippen molar-refractivity contribution in [1.82, 2.24) is 10.6 Å². The molecule has 0 radical (unpaired) electrons. The van der Waals surface area contributed by atoms with Gasteiger partial charge in [-0.2, -0.15) is 0 Å². The second kappa shape index (κ2) is 21.2. The molecule has 2 aromatic carbocycles. The number of nitrogens with one attached hydrogen (secondary N) is 2. The summed E-state index contributed by atoms with van der Waals surface area (Å²) in [5.41, 5.74) is 9.03. The van der Waals surface area contributed by atoms with E-state index in [2.05, 4.69) is 17.6 Å². The summed E-state index contributed by atoms with van der Waals surface area (Å²) < 4.78 is 5.89. The molecule has 0 unspecified atom stereocenters. The molecule has 2 aromatic rings. The Bertz CT molecular complexity index is 1240. The van der Waals surface area contributed by atoms with Crippen molar-refractivity contribution in [3.63, 3.8) is 0 Å². The van der Waals surface area contributed by atoms with E-state index in [0.29, 0.717) is 6.42 Å². The molecule has 0 aliphatic heterocycles. The summed E-state index contributed by atoms with van der Waals surface area (Å²) in [5.74, 6) is -2.97. The van der Waals surface area contributed by atoms with Crippen LogP contribution in [0.5, 0.6) is 0 Å². The van der Waals surface area contributed by atoms with Gasteiger partial charge in [-0.25, -0.2) is 0 Å². The van der Waals surface area contributed by atoms with Crippen LogP contribution < -0.4 is 16.4 Å². The van der Waals surface area contributed by atoms with E-state index in [-0.39, 0.29) is 24.7 Å². The average molecular weight is 652 g/mol. The SMILES string of the molecule is CCCCCCCCC[C@H](C)[C@H](CC(=O)N[C@@H](Cc1ccc(-c2ccccc2)cc1)C(=O)N[C@@H](C)C(=O)O)OC(=O)[C@H](N)[C@@H](C)CC. The Morgan fingerprint density at radius 3 is 1.98 bits per heavy atom. The summed E-state index contributed by atoms with van der Waals surface area (Å²) in [6, 6.07) is 14.6. The second-order valence-corrected chi connectivity index (χ2v) is 12.9. The third-order valence-electron chi connectivity index (χ3n) is 8.96. The molecule has 5 N–H and O–H groups in total. The molecule has 0 saturated carbocycles. The van der Waals surface area contributed by atoms with E-state index in [9.17, 15) is 24.3 Å². The van der Waals surface area contributed by atoms with Crippen LogP contribution in [-0.4, -0.2) is 53.1 Å². The lowest BCUT2D eigenvalue weighted by molar-refractivity contribution is -0.156. The molecule has 0 heterocycles. The highest BCUT2D eigenvalue weighted by Gasteiger charge is 2.31. The predicted molar refractivity (Wildman–Crippen MR) is 186 cm³/mol. The quantitative estimate of drug-likeness (QED) is 0.0848. The van der Waals surface area contributed by atoms with Gasteiger partial charge < -0.3 is 26.2 Å². The second-order valence-electron chi connectivity index (χ2n) is 12.9. The number of carbonyl (C=O) groups is 4. The van der Waals surface area contributed by atoms with Gasteiger partial charge in [0.2, 0.25) is 11.8 Å². The van der Waals surface area contributed by atoms with Gasteiger partial charge in [0.05, 0.1) is 6.42 Å². The molecule has 0 fully saturated rings. The molecule has 260 valence electrons. The molecule has 0 aliphatic rings. The van der Waals surface area contributed by atoms with Crippen LogP contribution in [0.1, 0.15) is 104 Å². The zero-order valence-corrected chi connectivity index (χ0v) is 29.0. The van der Waals surface area contributed by atoms with Crippen molar-refractivity contribution in [2.75, 3.05) is 0 Å². The molecular formula is C38H57N3O6. The van der Waals surface area contributed by atoms with Crippen LogP contribution in [0.2, 0.25) is 0 Å². The van der Waals surface area contributed by atoms with Gasteiger partial charge in [-0.15, -0.1) is 0 Å². The number of hydrogen-bond donors (Lipinski definition) is 4. The molecule has 9 nitrogen and oxygen atoms in total. The Morgan fingerprint density at radius 2 is 1.38 bits per heavy atom. The van der Waals surface area contributed by atoms with Crippen molar-refractivity contribution in [3.8, 4) is 11.1 Å². The Hall–Kier alpha value is -3.72. The molecule has 2 amide bonds. The summed E-state index contributed by atoms with van der Waals surface area (Å²) in [5, 5.41) is 14.7. The highest BCUT2D eigenvalue weighted by atomic mass is 16.5. The summed E-state index contributed by atoms with van der Waals surface area (Å²) in [6.07, 6.45) is 8.84. The summed E-state index contributed by atoms with van der Waals surface area (Å²) >= 11 is 0. The minimum Gasteiger partial charge on any atom is -0.480 e. The maximum atomic E-state index is 13.5. The van der Waals surface area contributed by atoms with Crippen LogP contribution >= 0.6 is 0 Å². The molecule has 0 saturated heterocycles. The number of nitrogens with two attached hydrogens (primary N) is 1. The van der Waals surface area contributed by atoms with Crippen molar-refractivity contribution >= 4 is 23.8 Å². The van der Waals surface area contributed by atoms with Gasteiger partial charge >= 0.3 is 11.9 Å². The smallest absolute Gasteiger partial charge is 0.325 e. The molecule has 9 heteroatoms. The number of aliphatic carboxylic acids is 1. The first-order valence-corrected chi connectivity index (χ1v) is 17.4. The van der Waals surface area contributed by atoms with E-state index >= 15 is 0 Å². The van der Waals surface area contributed by atoms with E-state index in [0.717, 1.165) is 42.4 Å². The minimum absolute atomic E-state index is 0.0759. The number of rotatable bonds is 22. The largest absolute Gasteiger partial charge is 0.480 e. The van der Waals surface area contributed by atoms with Gasteiger partial charge in [0, 0.05) is 6.42 Å². The maximum Gasteiger partial charge on any atom is 0.325 e. The lowest BCUT2D eigenvalue weighted by Gasteiger charge is -2.27. The Balaban J connectivity index is 2.18. The van der Waals surface area contributed by atoms with Crippen molar-refractivity contribution in [3.05, 3.63) is 60.2 Å². The van der Waals surface area contributed by atoms with Crippen LogP contribution in [0.25, 0.3) is 11.1 Å². The first-order valence-electron chi connectivity index (χ1n) is 17.4. The van der Waals surface area contributed by atoms with E-state index in [1.54, 1.807) is 0 Å². The number of carboxylic acids is 1. The number of carbonyl (C=O) groups excluding carboxylic acids is 3. The number of esters is 1. The van der Waals surface area contributed by atoms with Crippen molar-refractivity contribution < 1.29 is 29.0 Å². The monoisotopic (exact) mass is 651 g/mol. The molecule has 0 spiro atoms. The standard InChI is InChI=1S/C38H57N3O6/c1-6-8-9-10-11-12-14-17-27(4)33(47-38(46)35(39)26(3)7-2)25-34(42)41-32(36(43)40-28(5)37(44)45)24-29-20-22-31(23-21-29)30-18-15-13-16-19-30/h13,15-16,18-23,26-28,32-33,35H,6-12,14,17,24-25,39H2,1-5H3,(H,40,43)(H,41,42)(H,44,45)/t26-,27-,28-,32-,33-,35+/m0/s1. The molecule has 2 rings (SSSR count). The molecule has 0 bridgehead atoms. The van der Waals surface area contributed by atoms with Crippen LogP contribution in [0.4, 0.5) is 0 Å². The molecule has 6 atom stereocenters. The van der Waals surface area contributed by atoms with Crippen LogP contribution in [0, 0.1) is 11.8 Å². The average Bonchev–Trinajstić information content (AvgIpc) is 3.06. The Kier molecular flexibility index (Phi) is 17.8. The first kappa shape index (κ1) is 39.5. The van der Waals surface area contributed by atoms with Gasteiger partial charge in [-0.1, -0.05) is 134 Å². The Morgan fingerprint density at radius 1 is 0.787 bits per heavy atom. The van der Waals surface area contributed by atoms with Crippen LogP contribution in [-0.2, 0) is 30.3 Å². The fraction of sp³-hybridized carbons (Fsp3) is 0.579. The summed E-state index contributed by atoms with van der Waals surface area (Å²) in [4.78, 5) is 51.2. The zero-order valence-electron chi connectivity index (χ0n) is 29.0. The van der Waals surface area contributed by atoms with E-state index in [4.69, 9.17) is 10.5 Å². The number of hydrogen-bond acceptors (Lipinski definition) is 6. The van der Waals surface area contributed by atoms with Crippen LogP contribution in [0.3, 0.4) is 0 Å². The van der Waals surface area contributed by atoms with E-state index < -0.39 is 48.0 Å². The first-order chi connectivity index (χ1) is 22.5. The molecular weight excluding hydrogens is 594 g/mol. The highest BCUT2D eigenvalue weighted by molar-refractivity contribution is 5.90. The van der Waals surface area contributed by atoms with Gasteiger partial charge in [0.15, 0.2) is 0 Å². The van der Waals surface area contributed by atoms with Gasteiger partial charge in [0.25, 0.3) is 0 Å². The van der Waals surface area contributed by atoms with E-state index in [1.807, 2.05) is 75.4 Å². The predicted octanol–water partition coefficient (Wildman–Crippen LogP) is 6.42. The lowest BCUT2D eigenvalue weighted by atomic mass is 9.93. The normalized spacial score (nSPS) is 15.0. The number of unbranched alkanes of at least 4 members (excludes halogenated alkanes) is 6. The number of carboxylic acid groups (broad SMARTS) is 1. The number of benzene rings is 2. The van der Waals surface area contributed by atoms with Gasteiger partial charge in [0.1, 0.15) is 24.2 Å². The van der Waals surface area contributed by atoms with Gasteiger partial charge in [-0.05, 0) is 41.9 Å². The van der Waals surface area contributed by atoms with Gasteiger partial charge in [-0.3, -0.25) is 19.2 Å². The Labute approximate surface area is 281 Å². The number of ether oxygens (including phenoxy) is 1. The highest BCUT2D eigenvalue weighted by Crippen LogP contribution is 2.23.